The number of likely N-dealkylation sites (N-methyl/N-ethyl adjacent to an activating group) is 1. The molecule has 2 N–H and O–H groups in total. The largest absolute Gasteiger partial charge is 0.398 e. The average Bonchev–Trinajstić information content (AvgIpc) is 2.49. The zero-order valence-corrected chi connectivity index (χ0v) is 12.5. The lowest BCUT2D eigenvalue weighted by Gasteiger charge is -2.36. The van der Waals surface area contributed by atoms with E-state index in [1.807, 2.05) is 36.2 Å². The zero-order chi connectivity index (χ0) is 14.5. The van der Waals surface area contributed by atoms with Crippen molar-refractivity contribution in [3.8, 4) is 0 Å². The Morgan fingerprint density at radius 2 is 2.00 bits per heavy atom. The number of nitrogens with zero attached hydrogens (tertiary/aromatic N) is 2. The first-order valence-corrected chi connectivity index (χ1v) is 7.43. The van der Waals surface area contributed by atoms with Crippen molar-refractivity contribution in [1.29, 1.82) is 0 Å². The predicted octanol–water partition coefficient (Wildman–Crippen LogP) is 1.75. The predicted molar refractivity (Wildman–Crippen MR) is 82.5 cm³/mol. The van der Waals surface area contributed by atoms with E-state index in [1.165, 1.54) is 0 Å². The maximum absolute atomic E-state index is 12.4. The Morgan fingerprint density at radius 3 is 2.60 bits per heavy atom. The van der Waals surface area contributed by atoms with Gasteiger partial charge in [-0.15, -0.1) is 0 Å². The lowest BCUT2D eigenvalue weighted by molar-refractivity contribution is -0.132. The van der Waals surface area contributed by atoms with Gasteiger partial charge in [0.05, 0.1) is 6.42 Å². The van der Waals surface area contributed by atoms with Crippen LogP contribution in [-0.2, 0) is 11.2 Å². The summed E-state index contributed by atoms with van der Waals surface area (Å²) in [5.74, 6) is 0.165. The molecule has 1 aliphatic rings. The molecule has 0 aliphatic carbocycles. The number of carbonyl (C=O) groups excluding carboxylic acids is 1. The highest BCUT2D eigenvalue weighted by molar-refractivity contribution is 5.80. The van der Waals surface area contributed by atoms with Crippen molar-refractivity contribution in [2.24, 2.45) is 0 Å². The minimum Gasteiger partial charge on any atom is -0.398 e. The highest BCUT2D eigenvalue weighted by Gasteiger charge is 2.24. The number of para-hydroxylation sites is 1. The molecule has 1 amide bonds. The number of rotatable bonds is 4. The van der Waals surface area contributed by atoms with Gasteiger partial charge in [0, 0.05) is 31.9 Å². The van der Waals surface area contributed by atoms with E-state index in [4.69, 9.17) is 5.73 Å². The SMILES string of the molecule is CCN1CCC(N(C)C(=O)Cc2ccccc2N)CC1. The van der Waals surface area contributed by atoms with Crippen LogP contribution in [0.25, 0.3) is 0 Å². The normalized spacial score (nSPS) is 17.1. The van der Waals surface area contributed by atoms with E-state index in [-0.39, 0.29) is 5.91 Å². The van der Waals surface area contributed by atoms with Gasteiger partial charge in [-0.25, -0.2) is 0 Å². The van der Waals surface area contributed by atoms with Crippen molar-refractivity contribution < 1.29 is 4.79 Å². The maximum Gasteiger partial charge on any atom is 0.227 e. The molecule has 1 aromatic carbocycles. The van der Waals surface area contributed by atoms with Gasteiger partial charge in [0.2, 0.25) is 5.91 Å². The Balaban J connectivity index is 1.91. The zero-order valence-electron chi connectivity index (χ0n) is 12.5. The van der Waals surface area contributed by atoms with Gasteiger partial charge in [-0.05, 0) is 31.0 Å². The van der Waals surface area contributed by atoms with Gasteiger partial charge in [0.1, 0.15) is 0 Å². The number of likely N-dealkylation sites (tertiary alicyclic amines) is 1. The van der Waals surface area contributed by atoms with E-state index in [2.05, 4.69) is 11.8 Å². The van der Waals surface area contributed by atoms with Gasteiger partial charge < -0.3 is 15.5 Å². The molecule has 110 valence electrons. The molecule has 4 nitrogen and oxygen atoms in total. The number of benzene rings is 1. The molecule has 1 heterocycles. The molecule has 1 fully saturated rings. The molecule has 0 atom stereocenters. The number of carbonyl (C=O) groups is 1. The standard InChI is InChI=1S/C16H25N3O/c1-3-19-10-8-14(9-11-19)18(2)16(20)12-13-6-4-5-7-15(13)17/h4-7,14H,3,8-12,17H2,1-2H3. The molecular formula is C16H25N3O. The van der Waals surface area contributed by atoms with Crippen LogP contribution in [-0.4, -0.2) is 48.4 Å². The average molecular weight is 275 g/mol. The van der Waals surface area contributed by atoms with Crippen LogP contribution in [0.5, 0.6) is 0 Å². The van der Waals surface area contributed by atoms with Crippen LogP contribution in [0.2, 0.25) is 0 Å². The highest BCUT2D eigenvalue weighted by atomic mass is 16.2. The van der Waals surface area contributed by atoms with E-state index in [0.717, 1.165) is 38.0 Å². The minimum atomic E-state index is 0.165. The lowest BCUT2D eigenvalue weighted by atomic mass is 10.0. The van der Waals surface area contributed by atoms with Crippen molar-refractivity contribution in [3.05, 3.63) is 29.8 Å². The van der Waals surface area contributed by atoms with Crippen LogP contribution in [0.15, 0.2) is 24.3 Å². The molecule has 2 rings (SSSR count). The van der Waals surface area contributed by atoms with Crippen LogP contribution in [0, 0.1) is 0 Å². The number of hydrogen-bond acceptors (Lipinski definition) is 3. The summed E-state index contributed by atoms with van der Waals surface area (Å²) in [6, 6.07) is 7.98. The van der Waals surface area contributed by atoms with Crippen LogP contribution in [0.1, 0.15) is 25.3 Å². The summed E-state index contributed by atoms with van der Waals surface area (Å²) < 4.78 is 0. The van der Waals surface area contributed by atoms with E-state index < -0.39 is 0 Å². The monoisotopic (exact) mass is 275 g/mol. The van der Waals surface area contributed by atoms with Crippen molar-refractivity contribution in [1.82, 2.24) is 9.80 Å². The minimum absolute atomic E-state index is 0.165. The summed E-state index contributed by atoms with van der Waals surface area (Å²) in [5.41, 5.74) is 7.54. The van der Waals surface area contributed by atoms with E-state index in [9.17, 15) is 4.79 Å². The fourth-order valence-corrected chi connectivity index (χ4v) is 2.81. The van der Waals surface area contributed by atoms with Gasteiger partial charge in [-0.1, -0.05) is 25.1 Å². The summed E-state index contributed by atoms with van der Waals surface area (Å²) in [7, 11) is 1.92. The molecular weight excluding hydrogens is 250 g/mol. The summed E-state index contributed by atoms with van der Waals surface area (Å²) in [6.45, 7) is 5.47. The molecule has 0 bridgehead atoms. The van der Waals surface area contributed by atoms with E-state index >= 15 is 0 Å². The number of hydrogen-bond donors (Lipinski definition) is 1. The molecule has 20 heavy (non-hydrogen) atoms. The fraction of sp³-hybridized carbons (Fsp3) is 0.562. The molecule has 0 spiro atoms. The number of piperidine rings is 1. The van der Waals surface area contributed by atoms with Gasteiger partial charge >= 0.3 is 0 Å². The second kappa shape index (κ2) is 6.75. The van der Waals surface area contributed by atoms with Gasteiger partial charge in [-0.3, -0.25) is 4.79 Å². The topological polar surface area (TPSA) is 49.6 Å². The third kappa shape index (κ3) is 3.51. The molecule has 1 aliphatic heterocycles. The molecule has 0 radical (unpaired) electrons. The fourth-order valence-electron chi connectivity index (χ4n) is 2.81. The van der Waals surface area contributed by atoms with Crippen molar-refractivity contribution in [2.75, 3.05) is 32.4 Å². The van der Waals surface area contributed by atoms with Gasteiger partial charge in [0.25, 0.3) is 0 Å². The van der Waals surface area contributed by atoms with Crippen LogP contribution in [0.3, 0.4) is 0 Å². The molecule has 0 unspecified atom stereocenters. The van der Waals surface area contributed by atoms with Crippen LogP contribution in [0.4, 0.5) is 5.69 Å². The molecule has 4 heteroatoms. The van der Waals surface area contributed by atoms with Gasteiger partial charge in [0.15, 0.2) is 0 Å². The number of nitrogens with two attached hydrogens (primary N) is 1. The third-order valence-electron chi connectivity index (χ3n) is 4.34. The van der Waals surface area contributed by atoms with Crippen LogP contribution >= 0.6 is 0 Å². The first-order chi connectivity index (χ1) is 9.61. The summed E-state index contributed by atoms with van der Waals surface area (Å²) in [4.78, 5) is 16.7. The summed E-state index contributed by atoms with van der Waals surface area (Å²) in [6.07, 6.45) is 2.54. The van der Waals surface area contributed by atoms with Crippen molar-refractivity contribution in [3.63, 3.8) is 0 Å². The quantitative estimate of drug-likeness (QED) is 0.852. The Labute approximate surface area is 121 Å². The highest BCUT2D eigenvalue weighted by Crippen LogP contribution is 2.18. The Kier molecular flexibility index (Phi) is 5.01. The molecule has 1 saturated heterocycles. The van der Waals surface area contributed by atoms with Crippen molar-refractivity contribution in [2.45, 2.75) is 32.2 Å². The maximum atomic E-state index is 12.4. The Bertz CT molecular complexity index is 453. The number of amides is 1. The second-order valence-electron chi connectivity index (χ2n) is 5.55. The molecule has 1 aromatic rings. The smallest absolute Gasteiger partial charge is 0.227 e. The summed E-state index contributed by atoms with van der Waals surface area (Å²) in [5, 5.41) is 0. The first-order valence-electron chi connectivity index (χ1n) is 7.43. The van der Waals surface area contributed by atoms with Gasteiger partial charge in [-0.2, -0.15) is 0 Å². The summed E-state index contributed by atoms with van der Waals surface area (Å²) >= 11 is 0. The molecule has 0 saturated carbocycles. The number of nitrogen functional groups attached to an aromatic ring is 1. The first kappa shape index (κ1) is 14.9. The molecule has 0 aromatic heterocycles. The third-order valence-corrected chi connectivity index (χ3v) is 4.34. The lowest BCUT2D eigenvalue weighted by Crippen LogP contribution is -2.45. The van der Waals surface area contributed by atoms with E-state index in [0.29, 0.717) is 18.2 Å². The number of anilines is 1. The second-order valence-corrected chi connectivity index (χ2v) is 5.55. The Morgan fingerprint density at radius 1 is 1.35 bits per heavy atom. The Hall–Kier alpha value is -1.55. The van der Waals surface area contributed by atoms with E-state index in [1.54, 1.807) is 0 Å². The van der Waals surface area contributed by atoms with Crippen molar-refractivity contribution >= 4 is 11.6 Å². The van der Waals surface area contributed by atoms with Crippen LogP contribution < -0.4 is 5.73 Å².